The molecule has 13 aliphatic rings. The molecule has 8 aliphatic heterocycles. The molecule has 41 heteroatoms. The summed E-state index contributed by atoms with van der Waals surface area (Å²) in [7, 11) is 0. The smallest absolute Gasteiger partial charge is 0.317 e. The molecule has 8 saturated heterocycles. The summed E-state index contributed by atoms with van der Waals surface area (Å²) in [5, 5.41) is 225. The van der Waals surface area contributed by atoms with E-state index >= 15 is 4.79 Å². The number of esters is 2. The van der Waals surface area contributed by atoms with Gasteiger partial charge in [0.2, 0.25) is 12.2 Å². The van der Waals surface area contributed by atoms with Gasteiger partial charge < -0.3 is 188 Å². The van der Waals surface area contributed by atoms with Crippen LogP contribution in [0, 0.1) is 50.2 Å². The third kappa shape index (κ3) is 16.9. The van der Waals surface area contributed by atoms with Crippen molar-refractivity contribution in [3.8, 4) is 0 Å². The monoisotopic (exact) mass is 1700 g/mol. The van der Waals surface area contributed by atoms with Crippen molar-refractivity contribution in [1.82, 2.24) is 5.32 Å². The molecule has 118 heavy (non-hydrogen) atoms. The molecule has 0 aromatic rings. The van der Waals surface area contributed by atoms with Gasteiger partial charge in [0.25, 0.3) is 0 Å². The van der Waals surface area contributed by atoms with Crippen molar-refractivity contribution >= 4 is 17.8 Å². The zero-order chi connectivity index (χ0) is 85.9. The van der Waals surface area contributed by atoms with Crippen LogP contribution in [0.2, 0.25) is 0 Å². The summed E-state index contributed by atoms with van der Waals surface area (Å²) < 4.78 is 102. The largest absolute Gasteiger partial charge is 0.463 e. The maximum Gasteiger partial charge on any atom is 0.317 e. The minimum Gasteiger partial charge on any atom is -0.463 e. The molecule has 4 saturated carbocycles. The van der Waals surface area contributed by atoms with Crippen LogP contribution in [0.4, 0.5) is 0 Å². The number of allylic oxidation sites excluding steroid dienone is 2. The summed E-state index contributed by atoms with van der Waals surface area (Å²) in [5.41, 5.74) is -6.16. The van der Waals surface area contributed by atoms with Crippen molar-refractivity contribution in [1.29, 1.82) is 0 Å². The normalized spacial score (nSPS) is 52.0. The van der Waals surface area contributed by atoms with Gasteiger partial charge >= 0.3 is 11.9 Å². The number of hydrogen-bond donors (Lipinski definition) is 21. The zero-order valence-corrected chi connectivity index (χ0v) is 67.4. The zero-order valence-electron chi connectivity index (χ0n) is 67.4. The van der Waals surface area contributed by atoms with Crippen LogP contribution in [-0.2, 0) is 94.9 Å². The van der Waals surface area contributed by atoms with Crippen molar-refractivity contribution < 1.29 is 197 Å². The molecule has 8 heterocycles. The number of carbonyl (C=O) groups excluding carboxylic acids is 3. The lowest BCUT2D eigenvalue weighted by molar-refractivity contribution is -0.377. The SMILES string of the molecule is CC(=O)N[C@H]1[C@H](O[C@H]2CC[C@]3(C)[C@H]4CC=C5[C@@H]6CC(C)(C)CC[C@]6(C(=O)O[C@@H]6O[C@H](COC(C)=O)[C@@H](O[C@@H]7OC[C@@H](O)[C@H](O)[C@H]7O)[C@H](O)[C@H]6O[C@@H]6OC[C@@H](O)[C@H](O[C@@H]7OC[C@](O)(CO)[C@H]7O)[C@H]6O)[C@H](O)C[C@@]5(C)[C@]4(C)CC[C@H]3C2(C)C)O[C@H](CO[C@@H]2OC[C@H](O)[C@H](O[C@@H]3OC[C@@H](O)[C@H](O)[C@H]3O)[C@H]2O)[C@@H](O[C@@H]2O[C@H](CO)[C@@H](O)[C@H](O)[C@H]2O)[C@@H]1O. The number of ether oxygens (including phenoxy) is 17. The average molecular weight is 1700 g/mol. The molecular weight excluding hydrogens is 1580 g/mol. The fraction of sp³-hybridized carbons (Fsp3) is 0.935. The highest BCUT2D eigenvalue weighted by Gasteiger charge is 2.73. The first-order chi connectivity index (χ1) is 55.4. The second kappa shape index (κ2) is 35.5. The highest BCUT2D eigenvalue weighted by atomic mass is 16.8. The van der Waals surface area contributed by atoms with Gasteiger partial charge in [-0.05, 0) is 103 Å². The van der Waals surface area contributed by atoms with E-state index in [0.29, 0.717) is 44.9 Å². The highest BCUT2D eigenvalue weighted by Crippen LogP contribution is 2.76. The molecule has 21 N–H and O–H groups in total. The molecule has 13 rings (SSSR count). The lowest BCUT2D eigenvalue weighted by Crippen LogP contribution is -2.69. The van der Waals surface area contributed by atoms with Gasteiger partial charge in [-0.25, -0.2) is 0 Å². The van der Waals surface area contributed by atoms with E-state index in [1.807, 2.05) is 0 Å². The molecular formula is C77H123NO40. The number of aliphatic hydroxyl groups excluding tert-OH is 19. The molecule has 676 valence electrons. The number of aliphatic hydroxyl groups is 20. The topological polar surface area (TPSA) is 625 Å². The Morgan fingerprint density at radius 3 is 1.63 bits per heavy atom. The number of carbonyl (C=O) groups is 3. The molecule has 12 fully saturated rings. The number of rotatable bonds is 22. The minimum absolute atomic E-state index is 0.0361. The lowest BCUT2D eigenvalue weighted by Gasteiger charge is -2.72. The Kier molecular flexibility index (Phi) is 27.8. The van der Waals surface area contributed by atoms with E-state index in [-0.39, 0.29) is 24.7 Å². The maximum absolute atomic E-state index is 16.2. The Bertz CT molecular complexity index is 3480. The maximum atomic E-state index is 16.2. The molecule has 0 aromatic heterocycles. The van der Waals surface area contributed by atoms with Gasteiger partial charge in [-0.15, -0.1) is 0 Å². The first-order valence-corrected chi connectivity index (χ1v) is 40.8. The first-order valence-electron chi connectivity index (χ1n) is 40.8. The van der Waals surface area contributed by atoms with Crippen LogP contribution < -0.4 is 5.32 Å². The van der Waals surface area contributed by atoms with Crippen LogP contribution in [0.3, 0.4) is 0 Å². The number of nitrogens with one attached hydrogen (secondary N) is 1. The summed E-state index contributed by atoms with van der Waals surface area (Å²) in [6.07, 6.45) is -53.6. The van der Waals surface area contributed by atoms with Crippen LogP contribution in [-0.4, -0.2) is 400 Å². The fourth-order valence-electron chi connectivity index (χ4n) is 21.7. The highest BCUT2D eigenvalue weighted by molar-refractivity contribution is 5.80. The van der Waals surface area contributed by atoms with Crippen LogP contribution in [0.5, 0.6) is 0 Å². The summed E-state index contributed by atoms with van der Waals surface area (Å²) in [6, 6.07) is -1.47. The fourth-order valence-corrected chi connectivity index (χ4v) is 21.7. The summed E-state index contributed by atoms with van der Waals surface area (Å²) in [4.78, 5) is 42.1. The van der Waals surface area contributed by atoms with Gasteiger partial charge in [-0.2, -0.15) is 0 Å². The van der Waals surface area contributed by atoms with E-state index in [1.165, 1.54) is 6.92 Å². The van der Waals surface area contributed by atoms with E-state index in [0.717, 1.165) is 12.5 Å². The second-order valence-corrected chi connectivity index (χ2v) is 36.9. The third-order valence-electron chi connectivity index (χ3n) is 28.7. The average Bonchev–Trinajstić information content (AvgIpc) is 0.755. The Morgan fingerprint density at radius 2 is 1.03 bits per heavy atom. The third-order valence-corrected chi connectivity index (χ3v) is 28.7. The summed E-state index contributed by atoms with van der Waals surface area (Å²) >= 11 is 0. The molecule has 0 aromatic carbocycles. The predicted molar refractivity (Wildman–Crippen MR) is 386 cm³/mol. The van der Waals surface area contributed by atoms with E-state index in [2.05, 4.69) is 59.9 Å². The minimum atomic E-state index is -2.19. The van der Waals surface area contributed by atoms with Crippen LogP contribution in [0.25, 0.3) is 0 Å². The quantitative estimate of drug-likeness (QED) is 0.0272. The molecule has 43 atom stereocenters. The molecule has 1 amide bonds. The van der Waals surface area contributed by atoms with Crippen molar-refractivity contribution in [2.24, 2.45) is 50.2 Å². The molecule has 0 bridgehead atoms. The van der Waals surface area contributed by atoms with Gasteiger partial charge in [0, 0.05) is 13.8 Å². The van der Waals surface area contributed by atoms with E-state index < -0.39 is 336 Å². The van der Waals surface area contributed by atoms with Crippen molar-refractivity contribution in [3.63, 3.8) is 0 Å². The predicted octanol–water partition coefficient (Wildman–Crippen LogP) is -7.86. The van der Waals surface area contributed by atoms with Crippen molar-refractivity contribution in [2.75, 3.05) is 59.5 Å². The molecule has 0 spiro atoms. The van der Waals surface area contributed by atoms with Gasteiger partial charge in [0.05, 0.1) is 65.1 Å². The van der Waals surface area contributed by atoms with Crippen molar-refractivity contribution in [3.05, 3.63) is 11.6 Å². The number of amides is 1. The Balaban J connectivity index is 0.768. The van der Waals surface area contributed by atoms with Gasteiger partial charge in [0.1, 0.15) is 164 Å². The summed E-state index contributed by atoms with van der Waals surface area (Å²) in [5.74, 6) is -3.44. The van der Waals surface area contributed by atoms with E-state index in [1.54, 1.807) is 0 Å². The van der Waals surface area contributed by atoms with E-state index in [4.69, 9.17) is 80.5 Å². The summed E-state index contributed by atoms with van der Waals surface area (Å²) in [6.45, 7) is 11.1. The molecule has 0 unspecified atom stereocenters. The van der Waals surface area contributed by atoms with Gasteiger partial charge in [-0.3, -0.25) is 14.4 Å². The van der Waals surface area contributed by atoms with Gasteiger partial charge in [0.15, 0.2) is 50.1 Å². The molecule has 5 aliphatic carbocycles. The van der Waals surface area contributed by atoms with Gasteiger partial charge in [-0.1, -0.05) is 60.1 Å². The first kappa shape index (κ1) is 92.4. The Hall–Kier alpha value is -3.25. The Morgan fingerprint density at radius 1 is 0.492 bits per heavy atom. The van der Waals surface area contributed by atoms with Crippen molar-refractivity contribution in [2.45, 2.75) is 341 Å². The van der Waals surface area contributed by atoms with E-state index in [9.17, 15) is 112 Å². The van der Waals surface area contributed by atoms with Crippen LogP contribution in [0.15, 0.2) is 11.6 Å². The standard InChI is InChI=1S/C77H123NO40/c1-29(81)78-44-48(91)58(116-67-52(95)49(92)47(90)37(20-79)109-67)39(26-107-63-54(97)56(35(85)23-103-63)113-64-50(93)45(88)33(83)21-104-64)110-62(44)112-43-13-14-73(7)40(72(43,5)6)12-15-74(8)41(73)11-10-31-32-18-71(3,4)16-17-77(32,42(87)19-75(31,74)9)70(100)118-68-60(117-66-55(98)57(36(86)24-106-66)114-69-61(99)76(101,27-80)28-108-69)53(96)59(38(111-68)25-102-30(2)82)115-65-51(94)46(89)34(84)22-105-65/h10,32-69,79-80,83-99,101H,11-28H2,1-9H3,(H,78,81)/t32-,33+,34+,35-,36+,37+,38+,39+,40-,41+,42+,43-,44+,45-,46-,47+,48+,49-,50+,51+,52+,53-,54+,55+,56-,57-,58+,59+,60+,61-,62-,63-,64-,65-,66-,67-,68-,69-,73-,74+,75+,76+,77+/m0/s1. The lowest BCUT2D eigenvalue weighted by atomic mass is 9.33. The second-order valence-electron chi connectivity index (χ2n) is 36.9. The van der Waals surface area contributed by atoms with Crippen LogP contribution >= 0.6 is 0 Å². The molecule has 41 nitrogen and oxygen atoms in total. The van der Waals surface area contributed by atoms with Crippen LogP contribution in [0.1, 0.15) is 120 Å². The number of hydrogen-bond acceptors (Lipinski definition) is 40. The molecule has 0 radical (unpaired) electrons. The number of fused-ring (bicyclic) bond motifs is 7. The Labute approximate surface area is 680 Å².